The van der Waals surface area contributed by atoms with E-state index in [0.717, 1.165) is 11.4 Å². The smallest absolute Gasteiger partial charge is 0.259 e. The Labute approximate surface area is 146 Å². The summed E-state index contributed by atoms with van der Waals surface area (Å²) in [4.78, 5) is 19.0. The quantitative estimate of drug-likeness (QED) is 0.853. The van der Waals surface area contributed by atoms with Gasteiger partial charge >= 0.3 is 0 Å². The van der Waals surface area contributed by atoms with Crippen molar-refractivity contribution >= 4 is 23.2 Å². The highest BCUT2D eigenvalue weighted by Gasteiger charge is 2.34. The van der Waals surface area contributed by atoms with Gasteiger partial charge in [-0.25, -0.2) is 0 Å². The van der Waals surface area contributed by atoms with E-state index in [1.54, 1.807) is 23.2 Å². The van der Waals surface area contributed by atoms with Gasteiger partial charge in [0, 0.05) is 16.9 Å². The topological polar surface area (TPSA) is 51.7 Å². The Morgan fingerprint density at radius 3 is 2.62 bits per heavy atom. The summed E-state index contributed by atoms with van der Waals surface area (Å²) in [6, 6.07) is 12.8. The summed E-state index contributed by atoms with van der Waals surface area (Å²) >= 11 is 5.97. The molecule has 1 aromatic heterocycles. The molecule has 1 fully saturated rings. The van der Waals surface area contributed by atoms with Crippen molar-refractivity contribution in [3.05, 3.63) is 59.4 Å². The predicted molar refractivity (Wildman–Crippen MR) is 92.0 cm³/mol. The third-order valence-corrected chi connectivity index (χ3v) is 4.13. The van der Waals surface area contributed by atoms with Crippen molar-refractivity contribution in [3.63, 3.8) is 0 Å². The van der Waals surface area contributed by atoms with Crippen LogP contribution in [0.3, 0.4) is 0 Å². The van der Waals surface area contributed by atoms with Gasteiger partial charge in [-0.05, 0) is 43.3 Å². The largest absolute Gasteiger partial charge is 0.373 e. The van der Waals surface area contributed by atoms with Crippen molar-refractivity contribution in [2.75, 3.05) is 18.1 Å². The molecule has 1 aliphatic rings. The van der Waals surface area contributed by atoms with Gasteiger partial charge in [-0.3, -0.25) is 9.78 Å². The first-order chi connectivity index (χ1) is 11.6. The van der Waals surface area contributed by atoms with Gasteiger partial charge in [0.25, 0.3) is 5.91 Å². The van der Waals surface area contributed by atoms with E-state index in [2.05, 4.69) is 4.98 Å². The molecule has 1 aromatic carbocycles. The Morgan fingerprint density at radius 2 is 1.96 bits per heavy atom. The Bertz CT molecular complexity index is 678. The second-order valence-electron chi connectivity index (χ2n) is 5.59. The van der Waals surface area contributed by atoms with Crippen molar-refractivity contribution in [2.24, 2.45) is 0 Å². The van der Waals surface area contributed by atoms with Crippen LogP contribution in [0.2, 0.25) is 5.02 Å². The van der Waals surface area contributed by atoms with Crippen molar-refractivity contribution in [3.8, 4) is 0 Å². The van der Waals surface area contributed by atoms with E-state index >= 15 is 0 Å². The van der Waals surface area contributed by atoms with Crippen LogP contribution >= 0.6 is 11.6 Å². The van der Waals surface area contributed by atoms with Gasteiger partial charge in [-0.1, -0.05) is 17.7 Å². The van der Waals surface area contributed by atoms with Gasteiger partial charge in [0.05, 0.1) is 31.6 Å². The second kappa shape index (κ2) is 7.75. The minimum Gasteiger partial charge on any atom is -0.373 e. The number of carbonyl (C=O) groups is 1. The molecule has 0 unspecified atom stereocenters. The highest BCUT2D eigenvalue weighted by molar-refractivity contribution is 6.30. The number of ether oxygens (including phenoxy) is 2. The average molecular weight is 347 g/mol. The first-order valence-corrected chi connectivity index (χ1v) is 8.23. The summed E-state index contributed by atoms with van der Waals surface area (Å²) in [5.74, 6) is -0.143. The number of pyridine rings is 1. The SMILES string of the molecule is C[C@@H]1OCCO[C@@H]1C(=O)N(Cc1ccccn1)c1ccc(Cl)cc1. The van der Waals surface area contributed by atoms with Gasteiger partial charge in [0.15, 0.2) is 6.10 Å². The molecule has 0 N–H and O–H groups in total. The summed E-state index contributed by atoms with van der Waals surface area (Å²) in [7, 11) is 0. The number of rotatable bonds is 4. The minimum absolute atomic E-state index is 0.143. The molecule has 1 amide bonds. The van der Waals surface area contributed by atoms with Gasteiger partial charge < -0.3 is 14.4 Å². The van der Waals surface area contributed by atoms with Crippen LogP contribution in [0.15, 0.2) is 48.7 Å². The highest BCUT2D eigenvalue weighted by Crippen LogP contribution is 2.23. The minimum atomic E-state index is -0.627. The number of nitrogens with zero attached hydrogens (tertiary/aromatic N) is 2. The summed E-state index contributed by atoms with van der Waals surface area (Å²) in [6.45, 7) is 3.13. The molecule has 6 heteroatoms. The lowest BCUT2D eigenvalue weighted by atomic mass is 10.1. The third-order valence-electron chi connectivity index (χ3n) is 3.88. The number of amides is 1. The number of hydrogen-bond donors (Lipinski definition) is 0. The number of carbonyl (C=O) groups excluding carboxylic acids is 1. The van der Waals surface area contributed by atoms with Crippen LogP contribution < -0.4 is 4.90 Å². The molecule has 5 nitrogen and oxygen atoms in total. The van der Waals surface area contributed by atoms with Crippen LogP contribution in [0.5, 0.6) is 0 Å². The molecule has 24 heavy (non-hydrogen) atoms. The van der Waals surface area contributed by atoms with Crippen LogP contribution in [0.1, 0.15) is 12.6 Å². The summed E-state index contributed by atoms with van der Waals surface area (Å²) in [5, 5.41) is 0.620. The zero-order chi connectivity index (χ0) is 16.9. The summed E-state index contributed by atoms with van der Waals surface area (Å²) in [6.07, 6.45) is 0.797. The zero-order valence-electron chi connectivity index (χ0n) is 13.4. The third kappa shape index (κ3) is 3.93. The standard InChI is InChI=1S/C18H19ClN2O3/c1-13-17(24-11-10-23-13)18(22)21(12-15-4-2-3-9-20-15)16-7-5-14(19)6-8-16/h2-9,13,17H,10-12H2,1H3/t13-,17-/m0/s1. The fourth-order valence-corrected chi connectivity index (χ4v) is 2.75. The molecule has 126 valence electrons. The Hall–Kier alpha value is -1.95. The van der Waals surface area contributed by atoms with Gasteiger partial charge in [0.1, 0.15) is 0 Å². The van der Waals surface area contributed by atoms with Crippen LogP contribution in [-0.4, -0.2) is 36.3 Å². The molecule has 0 radical (unpaired) electrons. The highest BCUT2D eigenvalue weighted by atomic mass is 35.5. The van der Waals surface area contributed by atoms with Crippen molar-refractivity contribution in [1.29, 1.82) is 0 Å². The molecule has 0 spiro atoms. The predicted octanol–water partition coefficient (Wildman–Crippen LogP) is 3.07. The molecule has 1 aliphatic heterocycles. The molecule has 0 bridgehead atoms. The van der Waals surface area contributed by atoms with E-state index in [1.165, 1.54) is 0 Å². The number of anilines is 1. The lowest BCUT2D eigenvalue weighted by molar-refractivity contribution is -0.159. The number of aromatic nitrogens is 1. The molecule has 0 aliphatic carbocycles. The molecule has 2 aromatic rings. The van der Waals surface area contributed by atoms with Crippen LogP contribution in [0.25, 0.3) is 0 Å². The fourth-order valence-electron chi connectivity index (χ4n) is 2.63. The maximum Gasteiger partial charge on any atom is 0.259 e. The molecule has 0 saturated carbocycles. The average Bonchev–Trinajstić information content (AvgIpc) is 2.61. The maximum absolute atomic E-state index is 13.1. The first kappa shape index (κ1) is 16.9. The van der Waals surface area contributed by atoms with E-state index in [9.17, 15) is 4.79 Å². The lowest BCUT2D eigenvalue weighted by Gasteiger charge is -2.33. The van der Waals surface area contributed by atoms with Crippen LogP contribution in [0.4, 0.5) is 5.69 Å². The lowest BCUT2D eigenvalue weighted by Crippen LogP contribution is -2.49. The monoisotopic (exact) mass is 346 g/mol. The zero-order valence-corrected chi connectivity index (χ0v) is 14.1. The molecule has 2 atom stereocenters. The molecular formula is C18H19ClN2O3. The first-order valence-electron chi connectivity index (χ1n) is 7.85. The van der Waals surface area contributed by atoms with Gasteiger partial charge in [0.2, 0.25) is 0 Å². The van der Waals surface area contributed by atoms with E-state index in [-0.39, 0.29) is 12.0 Å². The second-order valence-corrected chi connectivity index (χ2v) is 6.03. The van der Waals surface area contributed by atoms with Crippen molar-refractivity contribution in [2.45, 2.75) is 25.7 Å². The van der Waals surface area contributed by atoms with E-state index in [0.29, 0.717) is 24.8 Å². The van der Waals surface area contributed by atoms with Crippen LogP contribution in [-0.2, 0) is 20.8 Å². The van der Waals surface area contributed by atoms with Gasteiger partial charge in [-0.2, -0.15) is 0 Å². The Balaban J connectivity index is 1.88. The number of halogens is 1. The van der Waals surface area contributed by atoms with Gasteiger partial charge in [-0.15, -0.1) is 0 Å². The molecular weight excluding hydrogens is 328 g/mol. The molecule has 2 heterocycles. The number of hydrogen-bond acceptors (Lipinski definition) is 4. The Morgan fingerprint density at radius 1 is 1.21 bits per heavy atom. The van der Waals surface area contributed by atoms with Crippen LogP contribution in [0, 0.1) is 0 Å². The maximum atomic E-state index is 13.1. The molecule has 1 saturated heterocycles. The summed E-state index contributed by atoms with van der Waals surface area (Å²) < 4.78 is 11.2. The fraction of sp³-hybridized carbons (Fsp3) is 0.333. The van der Waals surface area contributed by atoms with Crippen molar-refractivity contribution in [1.82, 2.24) is 4.98 Å². The Kier molecular flexibility index (Phi) is 5.45. The van der Waals surface area contributed by atoms with E-state index < -0.39 is 6.10 Å². The van der Waals surface area contributed by atoms with Crippen molar-refractivity contribution < 1.29 is 14.3 Å². The number of benzene rings is 1. The van der Waals surface area contributed by atoms with E-state index in [1.807, 2.05) is 37.3 Å². The van der Waals surface area contributed by atoms with E-state index in [4.69, 9.17) is 21.1 Å². The molecule has 3 rings (SSSR count). The normalized spacial score (nSPS) is 20.6. The summed E-state index contributed by atoms with van der Waals surface area (Å²) in [5.41, 5.74) is 1.54.